The minimum atomic E-state index is -0.296. The number of carbonyl (C=O) groups is 1. The number of hydrogen-bond acceptors (Lipinski definition) is 6. The highest BCUT2D eigenvalue weighted by atomic mass is 32.1. The lowest BCUT2D eigenvalue weighted by Gasteiger charge is -2.12. The number of hydrogen-bond donors (Lipinski definition) is 2. The van der Waals surface area contributed by atoms with Crippen molar-refractivity contribution in [1.82, 2.24) is 20.3 Å². The molecule has 0 fully saturated rings. The minimum Gasteiger partial charge on any atom is -0.494 e. The second-order valence-corrected chi connectivity index (χ2v) is 8.65. The molecule has 3 aromatic carbocycles. The Kier molecular flexibility index (Phi) is 7.57. The molecular formula is C26H28N6O2S. The first-order valence-electron chi connectivity index (χ1n) is 11.4. The zero-order valence-electron chi connectivity index (χ0n) is 20.0. The van der Waals surface area contributed by atoms with Crippen molar-refractivity contribution in [2.24, 2.45) is 0 Å². The molecule has 0 aliphatic carbocycles. The summed E-state index contributed by atoms with van der Waals surface area (Å²) in [5.74, 6) is 0.446. The van der Waals surface area contributed by atoms with Crippen LogP contribution in [0.3, 0.4) is 0 Å². The fourth-order valence-electron chi connectivity index (χ4n) is 3.37. The van der Waals surface area contributed by atoms with Crippen molar-refractivity contribution in [1.29, 1.82) is 0 Å². The Morgan fingerprint density at radius 3 is 2.40 bits per heavy atom. The van der Waals surface area contributed by atoms with Gasteiger partial charge in [-0.2, -0.15) is 4.80 Å². The Labute approximate surface area is 209 Å². The Bertz CT molecular complexity index is 1320. The van der Waals surface area contributed by atoms with Gasteiger partial charge in [0, 0.05) is 31.0 Å². The molecule has 2 N–H and O–H groups in total. The van der Waals surface area contributed by atoms with Gasteiger partial charge in [-0.25, -0.2) is 0 Å². The van der Waals surface area contributed by atoms with E-state index in [0.29, 0.717) is 23.4 Å². The third-order valence-corrected chi connectivity index (χ3v) is 5.55. The summed E-state index contributed by atoms with van der Waals surface area (Å²) in [7, 11) is 3.99. The van der Waals surface area contributed by atoms with Gasteiger partial charge < -0.3 is 15.0 Å². The molecule has 1 amide bonds. The Morgan fingerprint density at radius 1 is 1.00 bits per heavy atom. The molecule has 0 aliphatic heterocycles. The molecule has 9 heteroatoms. The molecule has 4 aromatic rings. The number of amides is 1. The number of ether oxygens (including phenoxy) is 1. The first-order valence-corrected chi connectivity index (χ1v) is 11.8. The highest BCUT2D eigenvalue weighted by Crippen LogP contribution is 2.19. The zero-order chi connectivity index (χ0) is 24.8. The fourth-order valence-corrected chi connectivity index (χ4v) is 3.58. The van der Waals surface area contributed by atoms with E-state index in [1.807, 2.05) is 61.5 Å². The summed E-state index contributed by atoms with van der Waals surface area (Å²) in [6.07, 6.45) is 2.06. The van der Waals surface area contributed by atoms with Crippen LogP contribution in [0.5, 0.6) is 5.75 Å². The van der Waals surface area contributed by atoms with Crippen LogP contribution in [0.1, 0.15) is 30.1 Å². The highest BCUT2D eigenvalue weighted by molar-refractivity contribution is 7.80. The third kappa shape index (κ3) is 6.13. The van der Waals surface area contributed by atoms with Gasteiger partial charge in [0.25, 0.3) is 5.91 Å². The third-order valence-electron chi connectivity index (χ3n) is 5.35. The van der Waals surface area contributed by atoms with E-state index < -0.39 is 0 Å². The normalized spacial score (nSPS) is 10.7. The summed E-state index contributed by atoms with van der Waals surface area (Å²) >= 11 is 5.33. The number of nitrogens with one attached hydrogen (secondary N) is 2. The lowest BCUT2D eigenvalue weighted by atomic mass is 10.2. The molecule has 8 nitrogen and oxygen atoms in total. The summed E-state index contributed by atoms with van der Waals surface area (Å²) in [6, 6.07) is 20.5. The van der Waals surface area contributed by atoms with Crippen LogP contribution < -0.4 is 20.3 Å². The van der Waals surface area contributed by atoms with Gasteiger partial charge >= 0.3 is 0 Å². The highest BCUT2D eigenvalue weighted by Gasteiger charge is 2.10. The van der Waals surface area contributed by atoms with Crippen LogP contribution >= 0.6 is 12.2 Å². The topological polar surface area (TPSA) is 84.3 Å². The number of aromatic nitrogens is 3. The number of benzene rings is 3. The number of thiocarbonyl (C=S) groups is 1. The van der Waals surface area contributed by atoms with Crippen molar-refractivity contribution in [2.75, 3.05) is 30.9 Å². The summed E-state index contributed by atoms with van der Waals surface area (Å²) in [4.78, 5) is 16.2. The van der Waals surface area contributed by atoms with Crippen LogP contribution in [-0.2, 0) is 0 Å². The van der Waals surface area contributed by atoms with Gasteiger partial charge in [-0.05, 0) is 85.4 Å². The van der Waals surface area contributed by atoms with E-state index in [4.69, 9.17) is 17.0 Å². The van der Waals surface area contributed by atoms with Crippen molar-refractivity contribution in [3.8, 4) is 11.4 Å². The molecule has 0 aliphatic rings. The second kappa shape index (κ2) is 11.0. The fraction of sp³-hybridized carbons (Fsp3) is 0.231. The average molecular weight is 489 g/mol. The summed E-state index contributed by atoms with van der Waals surface area (Å²) in [5.41, 5.74) is 4.63. The molecule has 1 heterocycles. The summed E-state index contributed by atoms with van der Waals surface area (Å²) < 4.78 is 5.64. The van der Waals surface area contributed by atoms with E-state index in [0.717, 1.165) is 35.5 Å². The van der Waals surface area contributed by atoms with Crippen LogP contribution in [0, 0.1) is 0 Å². The molecule has 180 valence electrons. The number of rotatable bonds is 8. The van der Waals surface area contributed by atoms with Crippen molar-refractivity contribution in [2.45, 2.75) is 19.8 Å². The van der Waals surface area contributed by atoms with Gasteiger partial charge in [-0.3, -0.25) is 10.1 Å². The number of nitrogens with zero attached hydrogens (tertiary/aromatic N) is 4. The predicted molar refractivity (Wildman–Crippen MR) is 144 cm³/mol. The lowest BCUT2D eigenvalue weighted by Crippen LogP contribution is -2.34. The molecule has 0 spiro atoms. The SMILES string of the molecule is CCCCOc1ccc(C(=O)NC(=S)Nc2ccc3nn(-c4ccc(N(C)C)cc4)nc3c2)cc1. The summed E-state index contributed by atoms with van der Waals surface area (Å²) in [5, 5.41) is 15.1. The molecule has 0 atom stereocenters. The maximum atomic E-state index is 12.5. The van der Waals surface area contributed by atoms with Crippen LogP contribution in [0.25, 0.3) is 16.7 Å². The second-order valence-electron chi connectivity index (χ2n) is 8.24. The van der Waals surface area contributed by atoms with E-state index in [2.05, 4.69) is 27.8 Å². The Hall–Kier alpha value is -3.98. The van der Waals surface area contributed by atoms with Gasteiger partial charge in [-0.1, -0.05) is 13.3 Å². The molecule has 0 saturated carbocycles. The Balaban J connectivity index is 1.38. The molecule has 4 rings (SSSR count). The minimum absolute atomic E-state index is 0.198. The van der Waals surface area contributed by atoms with Gasteiger partial charge in [0.05, 0.1) is 12.3 Å². The lowest BCUT2D eigenvalue weighted by molar-refractivity contribution is 0.0977. The molecule has 0 saturated heterocycles. The first kappa shape index (κ1) is 24.2. The maximum Gasteiger partial charge on any atom is 0.257 e. The van der Waals surface area contributed by atoms with E-state index in [9.17, 15) is 4.79 Å². The zero-order valence-corrected chi connectivity index (χ0v) is 20.8. The first-order chi connectivity index (χ1) is 16.9. The standard InChI is InChI=1S/C26H28N6O2S/c1-4-5-16-34-22-13-6-18(7-14-22)25(33)28-26(35)27-19-8-15-23-24(17-19)30-32(29-23)21-11-9-20(10-12-21)31(2)3/h6-15,17H,4-5,16H2,1-3H3,(H2,27,28,33,35). The molecule has 35 heavy (non-hydrogen) atoms. The molecule has 0 unspecified atom stereocenters. The van der Waals surface area contributed by atoms with Crippen molar-refractivity contribution in [3.63, 3.8) is 0 Å². The smallest absolute Gasteiger partial charge is 0.257 e. The quantitative estimate of drug-likeness (QED) is 0.272. The molecular weight excluding hydrogens is 460 g/mol. The number of unbranched alkanes of at least 4 members (excludes halogenated alkanes) is 1. The van der Waals surface area contributed by atoms with Crippen LogP contribution in [0.15, 0.2) is 66.7 Å². The van der Waals surface area contributed by atoms with Crippen molar-refractivity contribution in [3.05, 3.63) is 72.3 Å². The molecule has 0 bridgehead atoms. The number of anilines is 2. The Morgan fingerprint density at radius 2 is 1.71 bits per heavy atom. The van der Waals surface area contributed by atoms with Gasteiger partial charge in [0.2, 0.25) is 0 Å². The summed E-state index contributed by atoms with van der Waals surface area (Å²) in [6.45, 7) is 2.78. The molecule has 0 radical (unpaired) electrons. The van der Waals surface area contributed by atoms with Gasteiger partial charge in [-0.15, -0.1) is 10.2 Å². The van der Waals surface area contributed by atoms with Crippen molar-refractivity contribution < 1.29 is 9.53 Å². The van der Waals surface area contributed by atoms with E-state index in [1.54, 1.807) is 29.1 Å². The van der Waals surface area contributed by atoms with Crippen LogP contribution in [-0.4, -0.2) is 46.7 Å². The average Bonchev–Trinajstić information content (AvgIpc) is 3.28. The number of fused-ring (bicyclic) bond motifs is 1. The number of carbonyl (C=O) groups excluding carboxylic acids is 1. The van der Waals surface area contributed by atoms with E-state index in [1.165, 1.54) is 0 Å². The van der Waals surface area contributed by atoms with Crippen LogP contribution in [0.2, 0.25) is 0 Å². The van der Waals surface area contributed by atoms with Crippen molar-refractivity contribution >= 4 is 45.6 Å². The monoisotopic (exact) mass is 488 g/mol. The van der Waals surface area contributed by atoms with Gasteiger partial charge in [0.15, 0.2) is 5.11 Å². The largest absolute Gasteiger partial charge is 0.494 e. The van der Waals surface area contributed by atoms with Crippen LogP contribution in [0.4, 0.5) is 11.4 Å². The van der Waals surface area contributed by atoms with E-state index >= 15 is 0 Å². The predicted octanol–water partition coefficient (Wildman–Crippen LogP) is 4.79. The van der Waals surface area contributed by atoms with Gasteiger partial charge in [0.1, 0.15) is 16.8 Å². The maximum absolute atomic E-state index is 12.5. The van der Waals surface area contributed by atoms with E-state index in [-0.39, 0.29) is 11.0 Å². The molecule has 1 aromatic heterocycles.